The topological polar surface area (TPSA) is 134 Å². The molecule has 1 aromatic rings. The summed E-state index contributed by atoms with van der Waals surface area (Å²) in [6, 6.07) is 5.92. The molecule has 1 aliphatic carbocycles. The van der Waals surface area contributed by atoms with Gasteiger partial charge < -0.3 is 31.2 Å². The molecule has 0 bridgehead atoms. The molecule has 1 amide bonds. The van der Waals surface area contributed by atoms with E-state index in [2.05, 4.69) is 10.6 Å². The van der Waals surface area contributed by atoms with Crippen LogP contribution in [0, 0.1) is 0 Å². The van der Waals surface area contributed by atoms with E-state index in [-0.39, 0.29) is 12.3 Å². The Morgan fingerprint density at radius 2 is 2.04 bits per heavy atom. The lowest BCUT2D eigenvalue weighted by molar-refractivity contribution is -0.139. The molecule has 1 fully saturated rings. The van der Waals surface area contributed by atoms with Gasteiger partial charge >= 0.3 is 13.1 Å². The van der Waals surface area contributed by atoms with Crippen molar-refractivity contribution in [2.24, 2.45) is 5.73 Å². The number of benzene rings is 1. The van der Waals surface area contributed by atoms with Crippen LogP contribution in [0.15, 0.2) is 18.2 Å². The van der Waals surface area contributed by atoms with Crippen LogP contribution in [0.4, 0.5) is 0 Å². The number of nitrogens with two attached hydrogens (primary N) is 1. The van der Waals surface area contributed by atoms with Crippen molar-refractivity contribution < 1.29 is 24.4 Å². The first-order valence-electron chi connectivity index (χ1n) is 8.87. The first kappa shape index (κ1) is 18.8. The van der Waals surface area contributed by atoms with Crippen LogP contribution in [-0.4, -0.2) is 53.9 Å². The van der Waals surface area contributed by atoms with Crippen LogP contribution >= 0.6 is 0 Å². The molecule has 0 saturated carbocycles. The van der Waals surface area contributed by atoms with Crippen molar-refractivity contribution in [1.82, 2.24) is 10.6 Å². The van der Waals surface area contributed by atoms with Crippen LogP contribution in [0.3, 0.4) is 0 Å². The fraction of sp³-hybridized carbons (Fsp3) is 0.529. The molecule has 1 heterocycles. The van der Waals surface area contributed by atoms with E-state index in [4.69, 9.17) is 15.5 Å². The van der Waals surface area contributed by atoms with Gasteiger partial charge in [-0.1, -0.05) is 6.07 Å². The summed E-state index contributed by atoms with van der Waals surface area (Å²) in [6.07, 6.45) is 2.00. The molecule has 0 aromatic heterocycles. The molecular weight excluding hydrogens is 337 g/mol. The van der Waals surface area contributed by atoms with Crippen molar-refractivity contribution in [3.63, 3.8) is 0 Å². The molecule has 0 spiro atoms. The van der Waals surface area contributed by atoms with E-state index in [0.29, 0.717) is 31.1 Å². The lowest BCUT2D eigenvalue weighted by atomic mass is 9.72. The van der Waals surface area contributed by atoms with E-state index in [9.17, 15) is 14.6 Å². The lowest BCUT2D eigenvalue weighted by Crippen LogP contribution is -2.52. The van der Waals surface area contributed by atoms with E-state index in [0.717, 1.165) is 18.4 Å². The molecule has 2 aliphatic rings. The summed E-state index contributed by atoms with van der Waals surface area (Å²) in [5.41, 5.74) is 8.41. The highest BCUT2D eigenvalue weighted by Crippen LogP contribution is 2.24. The second kappa shape index (κ2) is 8.17. The van der Waals surface area contributed by atoms with Crippen molar-refractivity contribution in [2.45, 2.75) is 50.2 Å². The molecule has 8 nitrogen and oxygen atoms in total. The SMILES string of the molecule is NCNC1Cc2ccc(C(=O)N[C@H]3CC[C@@H](CC(=O)O)OB3O)cc2C1. The monoisotopic (exact) mass is 361 g/mol. The zero-order valence-corrected chi connectivity index (χ0v) is 14.5. The number of carbonyl (C=O) groups is 2. The van der Waals surface area contributed by atoms with Gasteiger partial charge in [0.05, 0.1) is 18.5 Å². The molecule has 1 aromatic carbocycles. The fourth-order valence-electron chi connectivity index (χ4n) is 3.68. The molecule has 3 rings (SSSR count). The van der Waals surface area contributed by atoms with Crippen molar-refractivity contribution in [2.75, 3.05) is 6.67 Å². The first-order chi connectivity index (χ1) is 12.5. The van der Waals surface area contributed by atoms with Gasteiger partial charge in [0.15, 0.2) is 0 Å². The summed E-state index contributed by atoms with van der Waals surface area (Å²) in [4.78, 5) is 23.3. The minimum Gasteiger partial charge on any atom is -0.481 e. The second-order valence-corrected chi connectivity index (χ2v) is 6.90. The minimum atomic E-state index is -1.20. The quantitative estimate of drug-likeness (QED) is 0.338. The Morgan fingerprint density at radius 3 is 2.73 bits per heavy atom. The third-order valence-corrected chi connectivity index (χ3v) is 5.00. The van der Waals surface area contributed by atoms with E-state index in [1.54, 1.807) is 6.07 Å². The van der Waals surface area contributed by atoms with E-state index < -0.39 is 25.1 Å². The second-order valence-electron chi connectivity index (χ2n) is 6.90. The van der Waals surface area contributed by atoms with Gasteiger partial charge in [-0.25, -0.2) is 0 Å². The molecule has 26 heavy (non-hydrogen) atoms. The van der Waals surface area contributed by atoms with Crippen LogP contribution in [0.2, 0.25) is 0 Å². The number of hydrogen-bond donors (Lipinski definition) is 5. The number of carboxylic acids is 1. The van der Waals surface area contributed by atoms with Gasteiger partial charge in [-0.05, 0) is 48.9 Å². The third-order valence-electron chi connectivity index (χ3n) is 5.00. The Kier molecular flexibility index (Phi) is 5.92. The molecule has 0 radical (unpaired) electrons. The van der Waals surface area contributed by atoms with Gasteiger partial charge in [0.1, 0.15) is 0 Å². The largest absolute Gasteiger partial charge is 0.481 e. The molecule has 1 unspecified atom stereocenters. The summed E-state index contributed by atoms with van der Waals surface area (Å²) < 4.78 is 5.30. The maximum atomic E-state index is 12.5. The average Bonchev–Trinajstić information content (AvgIpc) is 2.98. The van der Waals surface area contributed by atoms with Gasteiger partial charge in [-0.3, -0.25) is 9.59 Å². The summed E-state index contributed by atoms with van der Waals surface area (Å²) in [6.45, 7) is 0.425. The number of carbonyl (C=O) groups excluding carboxylic acids is 1. The van der Waals surface area contributed by atoms with E-state index in [1.807, 2.05) is 12.1 Å². The molecule has 6 N–H and O–H groups in total. The summed E-state index contributed by atoms with van der Waals surface area (Å²) in [5.74, 6) is -1.79. The number of hydrogen-bond acceptors (Lipinski definition) is 6. The molecule has 140 valence electrons. The standard InChI is InChI=1S/C17H24BN3O5/c19-9-20-13-6-10-1-2-11(5-12(10)7-13)17(24)21-15-4-3-14(8-16(22)23)26-18(15)25/h1-2,5,13-15,20,25H,3-4,6-9,19H2,(H,21,24)(H,22,23)/t13?,14-,15-/m0/s1. The van der Waals surface area contributed by atoms with Crippen LogP contribution in [0.1, 0.15) is 40.7 Å². The van der Waals surface area contributed by atoms with Gasteiger partial charge in [0.2, 0.25) is 0 Å². The predicted molar refractivity (Wildman–Crippen MR) is 95.4 cm³/mol. The molecule has 1 saturated heterocycles. The number of nitrogens with one attached hydrogen (secondary N) is 2. The Hall–Kier alpha value is -1.94. The normalized spacial score (nSPS) is 25.0. The summed E-state index contributed by atoms with van der Waals surface area (Å²) in [7, 11) is -1.20. The number of carboxylic acid groups (broad SMARTS) is 1. The zero-order chi connectivity index (χ0) is 18.7. The maximum absolute atomic E-state index is 12.5. The number of aliphatic carboxylic acids is 1. The van der Waals surface area contributed by atoms with E-state index in [1.165, 1.54) is 5.56 Å². The highest BCUT2D eigenvalue weighted by molar-refractivity contribution is 6.45. The smallest absolute Gasteiger partial charge is 0.478 e. The zero-order valence-electron chi connectivity index (χ0n) is 14.5. The average molecular weight is 361 g/mol. The summed E-state index contributed by atoms with van der Waals surface area (Å²) >= 11 is 0. The Balaban J connectivity index is 1.58. The fourth-order valence-corrected chi connectivity index (χ4v) is 3.68. The third kappa shape index (κ3) is 4.42. The number of amides is 1. The van der Waals surface area contributed by atoms with Crippen LogP contribution in [-0.2, 0) is 22.3 Å². The van der Waals surface area contributed by atoms with E-state index >= 15 is 0 Å². The Morgan fingerprint density at radius 1 is 1.27 bits per heavy atom. The predicted octanol–water partition coefficient (Wildman–Crippen LogP) is -0.569. The molecule has 3 atom stereocenters. The summed E-state index contributed by atoms with van der Waals surface area (Å²) in [5, 5.41) is 24.8. The van der Waals surface area contributed by atoms with Crippen molar-refractivity contribution in [1.29, 1.82) is 0 Å². The highest BCUT2D eigenvalue weighted by Gasteiger charge is 2.37. The van der Waals surface area contributed by atoms with Crippen molar-refractivity contribution in [3.8, 4) is 0 Å². The Bertz CT molecular complexity index is 686. The molecular formula is C17H24BN3O5. The van der Waals surface area contributed by atoms with Gasteiger partial charge in [0.25, 0.3) is 5.91 Å². The van der Waals surface area contributed by atoms with Crippen LogP contribution in [0.5, 0.6) is 0 Å². The van der Waals surface area contributed by atoms with Crippen LogP contribution in [0.25, 0.3) is 0 Å². The van der Waals surface area contributed by atoms with Crippen molar-refractivity contribution >= 4 is 19.0 Å². The van der Waals surface area contributed by atoms with Crippen molar-refractivity contribution in [3.05, 3.63) is 34.9 Å². The maximum Gasteiger partial charge on any atom is 0.478 e. The molecule has 9 heteroatoms. The van der Waals surface area contributed by atoms with Gasteiger partial charge in [-0.2, -0.15) is 0 Å². The van der Waals surface area contributed by atoms with Crippen LogP contribution < -0.4 is 16.4 Å². The first-order valence-corrected chi connectivity index (χ1v) is 8.87. The van der Waals surface area contributed by atoms with Gasteiger partial charge in [0, 0.05) is 18.3 Å². The lowest BCUT2D eigenvalue weighted by Gasteiger charge is -2.30. The number of fused-ring (bicyclic) bond motifs is 1. The highest BCUT2D eigenvalue weighted by atomic mass is 16.5. The Labute approximate surface area is 152 Å². The molecule has 1 aliphatic heterocycles. The number of rotatable bonds is 6. The van der Waals surface area contributed by atoms with Gasteiger partial charge in [-0.15, -0.1) is 0 Å². The minimum absolute atomic E-state index is 0.152.